The van der Waals surface area contributed by atoms with Crippen molar-refractivity contribution in [3.8, 4) is 0 Å². The number of rotatable bonds is 1. The van der Waals surface area contributed by atoms with Crippen LogP contribution in [0.2, 0.25) is 5.02 Å². The molecule has 142 valence electrons. The molecule has 0 N–H and O–H groups in total. The summed E-state index contributed by atoms with van der Waals surface area (Å²) >= 11 is 6.16. The van der Waals surface area contributed by atoms with Crippen molar-refractivity contribution in [2.24, 2.45) is 34.5 Å². The van der Waals surface area contributed by atoms with Gasteiger partial charge in [-0.05, 0) is 109 Å². The van der Waals surface area contributed by atoms with Crippen molar-refractivity contribution in [2.75, 3.05) is 0 Å². The highest BCUT2D eigenvalue weighted by Crippen LogP contribution is 2.68. The molecule has 4 saturated carbocycles. The summed E-state index contributed by atoms with van der Waals surface area (Å²) in [5.41, 5.74) is 2.74. The smallest absolute Gasteiger partial charge is 0.0406 e. The summed E-state index contributed by atoms with van der Waals surface area (Å²) in [7, 11) is 0. The monoisotopic (exact) mass is 370 g/mol. The lowest BCUT2D eigenvalue weighted by Crippen LogP contribution is -2.52. The summed E-state index contributed by atoms with van der Waals surface area (Å²) < 4.78 is 0. The second-order valence-corrected chi connectivity index (χ2v) is 11.1. The zero-order valence-electron chi connectivity index (χ0n) is 16.6. The molecule has 0 spiro atoms. The summed E-state index contributed by atoms with van der Waals surface area (Å²) in [5, 5.41) is 0.876. The van der Waals surface area contributed by atoms with Gasteiger partial charge in [0.1, 0.15) is 0 Å². The van der Waals surface area contributed by atoms with Gasteiger partial charge < -0.3 is 0 Å². The summed E-state index contributed by atoms with van der Waals surface area (Å²) in [6.07, 6.45) is 14.9. The summed E-state index contributed by atoms with van der Waals surface area (Å²) in [5.74, 6) is 4.77. The zero-order chi connectivity index (χ0) is 17.9. The molecule has 1 aromatic rings. The third-order valence-electron chi connectivity index (χ3n) is 9.86. The van der Waals surface area contributed by atoms with Crippen molar-refractivity contribution in [3.63, 3.8) is 0 Å². The first-order chi connectivity index (χ1) is 12.5. The van der Waals surface area contributed by atoms with E-state index in [0.717, 1.165) is 34.6 Å². The maximum absolute atomic E-state index is 6.16. The Labute approximate surface area is 165 Å². The van der Waals surface area contributed by atoms with E-state index in [1.54, 1.807) is 5.56 Å². The predicted molar refractivity (Wildman–Crippen MR) is 111 cm³/mol. The lowest BCUT2D eigenvalue weighted by atomic mass is 9.44. The standard InChI is InChI=1S/C25H35Cl/c1-24-15-4-3-5-18(24)8-11-20-22-13-12-21(17-6-9-19(26)10-7-17)25(22,2)16-14-23(20)24/h6-7,9-10,18,20-23H,3-5,8,11-16H2,1-2H3/t18-,20+,21-,22+,23+,24+,25-/m1/s1. The normalized spacial score (nSPS) is 47.7. The van der Waals surface area contributed by atoms with Gasteiger partial charge in [-0.3, -0.25) is 0 Å². The van der Waals surface area contributed by atoms with Crippen molar-refractivity contribution >= 4 is 11.6 Å². The summed E-state index contributed by atoms with van der Waals surface area (Å²) in [6, 6.07) is 8.83. The molecular weight excluding hydrogens is 336 g/mol. The van der Waals surface area contributed by atoms with Gasteiger partial charge >= 0.3 is 0 Å². The van der Waals surface area contributed by atoms with Gasteiger partial charge in [0.05, 0.1) is 0 Å². The van der Waals surface area contributed by atoms with Gasteiger partial charge in [-0.2, -0.15) is 0 Å². The molecule has 5 rings (SSSR count). The van der Waals surface area contributed by atoms with Crippen molar-refractivity contribution in [3.05, 3.63) is 34.9 Å². The van der Waals surface area contributed by atoms with E-state index in [1.165, 1.54) is 64.2 Å². The van der Waals surface area contributed by atoms with Crippen molar-refractivity contribution < 1.29 is 0 Å². The van der Waals surface area contributed by atoms with E-state index in [1.807, 2.05) is 0 Å². The molecule has 4 fully saturated rings. The van der Waals surface area contributed by atoms with E-state index in [2.05, 4.69) is 38.1 Å². The highest BCUT2D eigenvalue weighted by molar-refractivity contribution is 6.30. The Kier molecular flexibility index (Phi) is 4.24. The Hall–Kier alpha value is -0.490. The fourth-order valence-corrected chi connectivity index (χ4v) is 8.66. The Morgan fingerprint density at radius 3 is 2.35 bits per heavy atom. The van der Waals surface area contributed by atoms with E-state index in [9.17, 15) is 0 Å². The Morgan fingerprint density at radius 2 is 1.54 bits per heavy atom. The van der Waals surface area contributed by atoms with E-state index >= 15 is 0 Å². The van der Waals surface area contributed by atoms with Crippen LogP contribution in [0, 0.1) is 34.5 Å². The van der Waals surface area contributed by atoms with E-state index in [-0.39, 0.29) is 0 Å². The fraction of sp³-hybridized carbons (Fsp3) is 0.760. The molecule has 0 aliphatic heterocycles. The molecule has 0 heterocycles. The van der Waals surface area contributed by atoms with Crippen LogP contribution in [-0.4, -0.2) is 0 Å². The zero-order valence-corrected chi connectivity index (χ0v) is 17.4. The molecule has 4 aliphatic carbocycles. The minimum absolute atomic E-state index is 0.521. The first kappa shape index (κ1) is 17.6. The highest BCUT2D eigenvalue weighted by atomic mass is 35.5. The van der Waals surface area contributed by atoms with Crippen LogP contribution in [-0.2, 0) is 0 Å². The molecule has 0 radical (unpaired) electrons. The van der Waals surface area contributed by atoms with Crippen molar-refractivity contribution in [2.45, 2.75) is 84.0 Å². The van der Waals surface area contributed by atoms with Crippen molar-refractivity contribution in [1.82, 2.24) is 0 Å². The average Bonchev–Trinajstić information content (AvgIpc) is 2.99. The molecule has 4 aliphatic rings. The molecule has 0 nitrogen and oxygen atoms in total. The van der Waals surface area contributed by atoms with Crippen molar-refractivity contribution in [1.29, 1.82) is 0 Å². The fourth-order valence-electron chi connectivity index (χ4n) is 8.54. The first-order valence-electron chi connectivity index (χ1n) is 11.3. The third-order valence-corrected chi connectivity index (χ3v) is 10.1. The first-order valence-corrected chi connectivity index (χ1v) is 11.7. The lowest BCUT2D eigenvalue weighted by Gasteiger charge is -2.60. The molecule has 0 aromatic heterocycles. The van der Waals surface area contributed by atoms with Gasteiger partial charge in [-0.1, -0.05) is 50.4 Å². The maximum atomic E-state index is 6.16. The van der Waals surface area contributed by atoms with Crippen LogP contribution in [0.15, 0.2) is 24.3 Å². The molecular formula is C25H35Cl. The van der Waals surface area contributed by atoms with Crippen LogP contribution in [0.4, 0.5) is 0 Å². The summed E-state index contributed by atoms with van der Waals surface area (Å²) in [4.78, 5) is 0. The quantitative estimate of drug-likeness (QED) is 0.472. The number of hydrogen-bond acceptors (Lipinski definition) is 0. The molecule has 0 amide bonds. The molecule has 26 heavy (non-hydrogen) atoms. The molecule has 7 atom stereocenters. The molecule has 0 bridgehead atoms. The number of hydrogen-bond donors (Lipinski definition) is 0. The van der Waals surface area contributed by atoms with Crippen LogP contribution >= 0.6 is 11.6 Å². The Balaban J connectivity index is 1.44. The largest absolute Gasteiger partial charge is 0.0843 e. The SMILES string of the molecule is C[C@]12CCCC[C@@H]1CC[C@@H]1[C@@H]2CC[C@]2(C)[C@@H](c3ccc(Cl)cc3)CC[C@@H]12. The Bertz CT molecular complexity index is 663. The van der Waals surface area contributed by atoms with E-state index in [4.69, 9.17) is 11.6 Å². The number of halogens is 1. The van der Waals surface area contributed by atoms with E-state index in [0.29, 0.717) is 10.8 Å². The predicted octanol–water partition coefficient (Wildman–Crippen LogP) is 7.86. The molecule has 1 heteroatoms. The maximum Gasteiger partial charge on any atom is 0.0406 e. The third kappa shape index (κ3) is 2.47. The van der Waals surface area contributed by atoms with Gasteiger partial charge in [0.25, 0.3) is 0 Å². The van der Waals surface area contributed by atoms with Crippen LogP contribution in [0.3, 0.4) is 0 Å². The lowest BCUT2D eigenvalue weighted by molar-refractivity contribution is -0.105. The van der Waals surface area contributed by atoms with Gasteiger partial charge in [0.15, 0.2) is 0 Å². The van der Waals surface area contributed by atoms with Gasteiger partial charge in [0.2, 0.25) is 0 Å². The molecule has 0 saturated heterocycles. The minimum atomic E-state index is 0.521. The molecule has 1 aromatic carbocycles. The van der Waals surface area contributed by atoms with E-state index < -0.39 is 0 Å². The van der Waals surface area contributed by atoms with Crippen LogP contribution in [0.1, 0.15) is 89.5 Å². The average molecular weight is 371 g/mol. The summed E-state index contributed by atoms with van der Waals surface area (Å²) in [6.45, 7) is 5.34. The number of fused-ring (bicyclic) bond motifs is 5. The molecule has 0 unspecified atom stereocenters. The Morgan fingerprint density at radius 1 is 0.769 bits per heavy atom. The topological polar surface area (TPSA) is 0 Å². The van der Waals surface area contributed by atoms with Gasteiger partial charge in [0, 0.05) is 5.02 Å². The second-order valence-electron chi connectivity index (χ2n) is 10.6. The minimum Gasteiger partial charge on any atom is -0.0843 e. The van der Waals surface area contributed by atoms with Crippen LogP contribution in [0.5, 0.6) is 0 Å². The van der Waals surface area contributed by atoms with Gasteiger partial charge in [-0.15, -0.1) is 0 Å². The second kappa shape index (κ2) is 6.26. The number of benzene rings is 1. The van der Waals surface area contributed by atoms with Crippen LogP contribution in [0.25, 0.3) is 0 Å². The highest BCUT2D eigenvalue weighted by Gasteiger charge is 2.59. The van der Waals surface area contributed by atoms with Crippen LogP contribution < -0.4 is 0 Å². The van der Waals surface area contributed by atoms with Gasteiger partial charge in [-0.25, -0.2) is 0 Å².